The van der Waals surface area contributed by atoms with Gasteiger partial charge in [-0.15, -0.1) is 0 Å². The highest BCUT2D eigenvalue weighted by molar-refractivity contribution is 6.04. The molecule has 1 heterocycles. The zero-order chi connectivity index (χ0) is 21.2. The molecule has 2 aromatic rings. The van der Waals surface area contributed by atoms with Gasteiger partial charge >= 0.3 is 0 Å². The molecule has 3 N–H and O–H groups in total. The van der Waals surface area contributed by atoms with Gasteiger partial charge in [0.05, 0.1) is 31.0 Å². The third kappa shape index (κ3) is 6.57. The summed E-state index contributed by atoms with van der Waals surface area (Å²) in [5.74, 6) is 0.165. The average Bonchev–Trinajstić information content (AvgIpc) is 2.77. The first-order valence-electron chi connectivity index (χ1n) is 10.4. The second kappa shape index (κ2) is 11.3. The van der Waals surface area contributed by atoms with Crippen LogP contribution in [0.3, 0.4) is 0 Å². The van der Waals surface area contributed by atoms with E-state index in [9.17, 15) is 9.59 Å². The molecule has 0 atom stereocenters. The predicted octanol–water partition coefficient (Wildman–Crippen LogP) is 1.05. The van der Waals surface area contributed by atoms with Crippen molar-refractivity contribution in [3.05, 3.63) is 59.7 Å². The summed E-state index contributed by atoms with van der Waals surface area (Å²) in [5.41, 5.74) is 1.89. The van der Waals surface area contributed by atoms with Crippen molar-refractivity contribution >= 4 is 17.5 Å². The lowest BCUT2D eigenvalue weighted by atomic mass is 10.1. The summed E-state index contributed by atoms with van der Waals surface area (Å²) in [7, 11) is 0. The standard InChI is InChI=1S/C23H29N3O4/c1-18-7-2-5-10-21(18)30-17-22(27)25-20-9-4-3-8-19(20)23(28)24-11-6-12-26-13-15-29-16-14-26/h2-5,7-10H,6,11-17H2,1H3,(H,24,28)(H,25,27)/p+1. The normalized spacial score (nSPS) is 14.2. The van der Waals surface area contributed by atoms with Crippen molar-refractivity contribution in [2.45, 2.75) is 13.3 Å². The third-order valence-electron chi connectivity index (χ3n) is 5.09. The van der Waals surface area contributed by atoms with Crippen LogP contribution in [0.2, 0.25) is 0 Å². The molecule has 0 radical (unpaired) electrons. The van der Waals surface area contributed by atoms with E-state index < -0.39 is 0 Å². The fourth-order valence-corrected chi connectivity index (χ4v) is 3.38. The zero-order valence-electron chi connectivity index (χ0n) is 17.4. The summed E-state index contributed by atoms with van der Waals surface area (Å²) in [5, 5.41) is 5.73. The van der Waals surface area contributed by atoms with E-state index in [4.69, 9.17) is 9.47 Å². The summed E-state index contributed by atoms with van der Waals surface area (Å²) in [6, 6.07) is 14.5. The molecule has 1 aliphatic rings. The molecule has 2 amide bonds. The van der Waals surface area contributed by atoms with Gasteiger partial charge in [0.1, 0.15) is 18.8 Å². The Hall–Kier alpha value is -2.90. The Morgan fingerprint density at radius 3 is 2.60 bits per heavy atom. The molecule has 1 saturated heterocycles. The number of hydrogen-bond donors (Lipinski definition) is 3. The topological polar surface area (TPSA) is 81.1 Å². The Bertz CT molecular complexity index is 850. The van der Waals surface area contributed by atoms with Crippen LogP contribution in [0.1, 0.15) is 22.3 Å². The molecular weight excluding hydrogens is 382 g/mol. The van der Waals surface area contributed by atoms with Crippen molar-refractivity contribution < 1.29 is 24.0 Å². The maximum atomic E-state index is 12.6. The Morgan fingerprint density at radius 1 is 1.07 bits per heavy atom. The molecule has 0 unspecified atom stereocenters. The third-order valence-corrected chi connectivity index (χ3v) is 5.09. The minimum absolute atomic E-state index is 0.122. The number of quaternary nitrogens is 1. The van der Waals surface area contributed by atoms with Gasteiger partial charge in [0.15, 0.2) is 6.61 Å². The fourth-order valence-electron chi connectivity index (χ4n) is 3.38. The van der Waals surface area contributed by atoms with E-state index in [-0.39, 0.29) is 18.4 Å². The lowest BCUT2D eigenvalue weighted by molar-refractivity contribution is -0.908. The molecule has 3 rings (SSSR count). The second-order valence-electron chi connectivity index (χ2n) is 7.37. The van der Waals surface area contributed by atoms with Crippen LogP contribution in [0.15, 0.2) is 48.5 Å². The van der Waals surface area contributed by atoms with Crippen LogP contribution in [0.4, 0.5) is 5.69 Å². The van der Waals surface area contributed by atoms with E-state index in [1.165, 1.54) is 4.90 Å². The second-order valence-corrected chi connectivity index (χ2v) is 7.37. The number of hydrogen-bond acceptors (Lipinski definition) is 4. The first-order chi connectivity index (χ1) is 14.6. The molecule has 0 aliphatic carbocycles. The monoisotopic (exact) mass is 412 g/mol. The lowest BCUT2D eigenvalue weighted by Gasteiger charge is -2.23. The van der Waals surface area contributed by atoms with Crippen molar-refractivity contribution in [1.82, 2.24) is 5.32 Å². The first-order valence-corrected chi connectivity index (χ1v) is 10.4. The molecule has 7 heteroatoms. The molecule has 30 heavy (non-hydrogen) atoms. The van der Waals surface area contributed by atoms with E-state index in [2.05, 4.69) is 10.6 Å². The molecule has 7 nitrogen and oxygen atoms in total. The number of carbonyl (C=O) groups is 2. The quantitative estimate of drug-likeness (QED) is 0.538. The Labute approximate surface area is 177 Å². The number of amides is 2. The lowest BCUT2D eigenvalue weighted by Crippen LogP contribution is -3.14. The smallest absolute Gasteiger partial charge is 0.262 e. The average molecular weight is 413 g/mol. The number of nitrogens with one attached hydrogen (secondary N) is 3. The number of rotatable bonds is 9. The largest absolute Gasteiger partial charge is 0.483 e. The highest BCUT2D eigenvalue weighted by Gasteiger charge is 2.15. The minimum atomic E-state index is -0.311. The Kier molecular flexibility index (Phi) is 8.23. The molecule has 1 aliphatic heterocycles. The number of anilines is 1. The molecule has 1 fully saturated rings. The number of ether oxygens (including phenoxy) is 2. The SMILES string of the molecule is Cc1ccccc1OCC(=O)Nc1ccccc1C(=O)NCCC[NH+]1CCOCC1. The highest BCUT2D eigenvalue weighted by atomic mass is 16.5. The van der Waals surface area contributed by atoms with Crippen LogP contribution in [0.25, 0.3) is 0 Å². The van der Waals surface area contributed by atoms with Crippen molar-refractivity contribution in [1.29, 1.82) is 0 Å². The van der Waals surface area contributed by atoms with Crippen LogP contribution in [0.5, 0.6) is 5.75 Å². The minimum Gasteiger partial charge on any atom is -0.483 e. The number of aryl methyl sites for hydroxylation is 1. The van der Waals surface area contributed by atoms with Gasteiger partial charge in [-0.05, 0) is 30.7 Å². The van der Waals surface area contributed by atoms with E-state index in [0.29, 0.717) is 23.5 Å². The molecule has 160 valence electrons. The predicted molar refractivity (Wildman–Crippen MR) is 115 cm³/mol. The van der Waals surface area contributed by atoms with Crippen LogP contribution in [-0.2, 0) is 9.53 Å². The van der Waals surface area contributed by atoms with Crippen LogP contribution in [0, 0.1) is 6.92 Å². The van der Waals surface area contributed by atoms with Crippen LogP contribution >= 0.6 is 0 Å². The first kappa shape index (κ1) is 21.8. The summed E-state index contributed by atoms with van der Waals surface area (Å²) in [6.45, 7) is 7.07. The van der Waals surface area contributed by atoms with E-state index in [1.807, 2.05) is 31.2 Å². The van der Waals surface area contributed by atoms with Gasteiger partial charge in [-0.3, -0.25) is 9.59 Å². The fraction of sp³-hybridized carbons (Fsp3) is 0.391. The van der Waals surface area contributed by atoms with Crippen molar-refractivity contribution in [2.75, 3.05) is 51.3 Å². The molecule has 0 saturated carbocycles. The maximum Gasteiger partial charge on any atom is 0.262 e. The van der Waals surface area contributed by atoms with Gasteiger partial charge in [-0.25, -0.2) is 0 Å². The van der Waals surface area contributed by atoms with Crippen molar-refractivity contribution in [3.8, 4) is 5.75 Å². The molecule has 0 spiro atoms. The van der Waals surface area contributed by atoms with Gasteiger partial charge in [0.2, 0.25) is 0 Å². The molecule has 0 bridgehead atoms. The summed E-state index contributed by atoms with van der Waals surface area (Å²) < 4.78 is 10.9. The number of benzene rings is 2. The number of morpholine rings is 1. The van der Waals surface area contributed by atoms with Gasteiger partial charge in [0, 0.05) is 13.0 Å². The summed E-state index contributed by atoms with van der Waals surface area (Å²) in [4.78, 5) is 26.4. The van der Waals surface area contributed by atoms with Crippen LogP contribution < -0.4 is 20.3 Å². The zero-order valence-corrected chi connectivity index (χ0v) is 17.4. The Balaban J connectivity index is 1.47. The Morgan fingerprint density at radius 2 is 1.80 bits per heavy atom. The van der Waals surface area contributed by atoms with E-state index in [0.717, 1.165) is 44.8 Å². The summed E-state index contributed by atoms with van der Waals surface area (Å²) in [6.07, 6.45) is 0.903. The molecule has 0 aromatic heterocycles. The summed E-state index contributed by atoms with van der Waals surface area (Å²) >= 11 is 0. The van der Waals surface area contributed by atoms with Crippen molar-refractivity contribution in [3.63, 3.8) is 0 Å². The number of carbonyl (C=O) groups excluding carboxylic acids is 2. The van der Waals surface area contributed by atoms with Gasteiger partial charge in [0.25, 0.3) is 11.8 Å². The van der Waals surface area contributed by atoms with E-state index >= 15 is 0 Å². The highest BCUT2D eigenvalue weighted by Crippen LogP contribution is 2.17. The van der Waals surface area contributed by atoms with Gasteiger partial charge in [-0.2, -0.15) is 0 Å². The molecule has 2 aromatic carbocycles. The van der Waals surface area contributed by atoms with E-state index in [1.54, 1.807) is 24.3 Å². The molecular formula is C23H30N3O4+. The maximum absolute atomic E-state index is 12.6. The van der Waals surface area contributed by atoms with Crippen LogP contribution in [-0.4, -0.2) is 57.8 Å². The number of para-hydroxylation sites is 2. The van der Waals surface area contributed by atoms with Crippen molar-refractivity contribution in [2.24, 2.45) is 0 Å². The van der Waals surface area contributed by atoms with Gasteiger partial charge in [-0.1, -0.05) is 30.3 Å². The van der Waals surface area contributed by atoms with Gasteiger partial charge < -0.3 is 25.0 Å².